The smallest absolute Gasteiger partial charge is 0.104 e. The molecular formula is C13H12N2. The number of fused-ring (bicyclic) bond motifs is 3. The minimum Gasteiger partial charge on any atom is -0.342 e. The Morgan fingerprint density at radius 2 is 1.87 bits per heavy atom. The first-order chi connectivity index (χ1) is 7.25. The van der Waals surface area contributed by atoms with Crippen LogP contribution >= 0.6 is 0 Å². The lowest BCUT2D eigenvalue weighted by Gasteiger charge is -2.01. The van der Waals surface area contributed by atoms with Gasteiger partial charge in [0, 0.05) is 5.39 Å². The first kappa shape index (κ1) is 8.48. The molecular weight excluding hydrogens is 184 g/mol. The van der Waals surface area contributed by atoms with Gasteiger partial charge < -0.3 is 4.98 Å². The molecule has 0 atom stereocenters. The van der Waals surface area contributed by atoms with Crippen molar-refractivity contribution in [2.75, 3.05) is 0 Å². The highest BCUT2D eigenvalue weighted by Gasteiger charge is 2.04. The fraction of sp³-hybridized carbons (Fsp3) is 0.154. The molecule has 0 unspecified atom stereocenters. The van der Waals surface area contributed by atoms with Gasteiger partial charge in [-0.05, 0) is 30.9 Å². The molecule has 2 nitrogen and oxygen atoms in total. The van der Waals surface area contributed by atoms with E-state index in [9.17, 15) is 0 Å². The van der Waals surface area contributed by atoms with Crippen molar-refractivity contribution in [1.82, 2.24) is 9.97 Å². The zero-order valence-corrected chi connectivity index (χ0v) is 8.83. The molecule has 2 heteroatoms. The fourth-order valence-electron chi connectivity index (χ4n) is 2.12. The highest BCUT2D eigenvalue weighted by Crippen LogP contribution is 2.25. The highest BCUT2D eigenvalue weighted by atomic mass is 14.9. The number of aryl methyl sites for hydroxylation is 2. The Hall–Kier alpha value is -1.83. The molecule has 0 aliphatic heterocycles. The second kappa shape index (κ2) is 2.83. The molecule has 0 aliphatic carbocycles. The second-order valence-corrected chi connectivity index (χ2v) is 3.95. The first-order valence-electron chi connectivity index (χ1n) is 5.10. The number of hydrogen-bond acceptors (Lipinski definition) is 1. The topological polar surface area (TPSA) is 28.7 Å². The Morgan fingerprint density at radius 1 is 1.00 bits per heavy atom. The van der Waals surface area contributed by atoms with E-state index < -0.39 is 0 Å². The molecule has 0 saturated heterocycles. The van der Waals surface area contributed by atoms with E-state index in [-0.39, 0.29) is 0 Å². The van der Waals surface area contributed by atoms with E-state index in [0.29, 0.717) is 0 Å². The largest absolute Gasteiger partial charge is 0.342 e. The molecule has 0 fully saturated rings. The van der Waals surface area contributed by atoms with Crippen LogP contribution in [0, 0.1) is 13.8 Å². The van der Waals surface area contributed by atoms with Crippen molar-refractivity contribution in [3.8, 4) is 0 Å². The number of nitrogens with one attached hydrogen (secondary N) is 1. The number of aromatic amines is 1. The molecule has 2 aromatic carbocycles. The molecule has 3 rings (SSSR count). The Labute approximate surface area is 88.0 Å². The van der Waals surface area contributed by atoms with Crippen molar-refractivity contribution in [3.05, 3.63) is 41.7 Å². The van der Waals surface area contributed by atoms with Gasteiger partial charge in [0.2, 0.25) is 0 Å². The van der Waals surface area contributed by atoms with E-state index in [1.54, 1.807) is 0 Å². The number of hydrogen-bond donors (Lipinski definition) is 1. The average molecular weight is 196 g/mol. The molecule has 15 heavy (non-hydrogen) atoms. The summed E-state index contributed by atoms with van der Waals surface area (Å²) in [4.78, 5) is 7.75. The van der Waals surface area contributed by atoms with Crippen LogP contribution in [0.4, 0.5) is 0 Å². The number of rotatable bonds is 0. The third kappa shape index (κ3) is 1.14. The van der Waals surface area contributed by atoms with E-state index >= 15 is 0 Å². The summed E-state index contributed by atoms with van der Waals surface area (Å²) < 4.78 is 0. The molecule has 3 aromatic rings. The maximum absolute atomic E-state index is 4.44. The van der Waals surface area contributed by atoms with Gasteiger partial charge in [-0.25, -0.2) is 4.98 Å². The first-order valence-corrected chi connectivity index (χ1v) is 5.10. The van der Waals surface area contributed by atoms with Crippen LogP contribution in [-0.2, 0) is 0 Å². The van der Waals surface area contributed by atoms with Crippen molar-refractivity contribution >= 4 is 21.8 Å². The summed E-state index contributed by atoms with van der Waals surface area (Å²) in [7, 11) is 0. The number of imidazole rings is 1. The summed E-state index contributed by atoms with van der Waals surface area (Å²) >= 11 is 0. The van der Waals surface area contributed by atoms with Crippen LogP contribution in [0.25, 0.3) is 21.8 Å². The highest BCUT2D eigenvalue weighted by molar-refractivity contribution is 6.05. The SMILES string of the molecule is Cc1nc2ccc3c(C)cccc3c2[nH]1. The third-order valence-electron chi connectivity index (χ3n) is 2.85. The van der Waals surface area contributed by atoms with Crippen LogP contribution in [0.15, 0.2) is 30.3 Å². The summed E-state index contributed by atoms with van der Waals surface area (Å²) in [5.74, 6) is 0.971. The quantitative estimate of drug-likeness (QED) is 0.587. The minimum absolute atomic E-state index is 0.971. The molecule has 1 N–H and O–H groups in total. The molecule has 74 valence electrons. The van der Waals surface area contributed by atoms with Crippen molar-refractivity contribution in [2.45, 2.75) is 13.8 Å². The van der Waals surface area contributed by atoms with Crippen molar-refractivity contribution in [3.63, 3.8) is 0 Å². The summed E-state index contributed by atoms with van der Waals surface area (Å²) in [5.41, 5.74) is 3.50. The van der Waals surface area contributed by atoms with Gasteiger partial charge in [0.05, 0.1) is 11.0 Å². The van der Waals surface area contributed by atoms with E-state index in [2.05, 4.69) is 47.2 Å². The van der Waals surface area contributed by atoms with Gasteiger partial charge in [-0.15, -0.1) is 0 Å². The molecule has 0 spiro atoms. The summed E-state index contributed by atoms with van der Waals surface area (Å²) in [5, 5.41) is 2.56. The van der Waals surface area contributed by atoms with Gasteiger partial charge >= 0.3 is 0 Å². The van der Waals surface area contributed by atoms with E-state index in [1.165, 1.54) is 16.3 Å². The van der Waals surface area contributed by atoms with E-state index in [0.717, 1.165) is 16.9 Å². The van der Waals surface area contributed by atoms with E-state index in [1.807, 2.05) is 6.92 Å². The predicted octanol–water partition coefficient (Wildman–Crippen LogP) is 3.33. The van der Waals surface area contributed by atoms with Gasteiger partial charge in [0.25, 0.3) is 0 Å². The van der Waals surface area contributed by atoms with Crippen LogP contribution in [0.1, 0.15) is 11.4 Å². The van der Waals surface area contributed by atoms with Crippen LogP contribution in [0.3, 0.4) is 0 Å². The minimum atomic E-state index is 0.971. The van der Waals surface area contributed by atoms with E-state index in [4.69, 9.17) is 0 Å². The molecule has 0 radical (unpaired) electrons. The molecule has 0 amide bonds. The van der Waals surface area contributed by atoms with Gasteiger partial charge in [-0.3, -0.25) is 0 Å². The van der Waals surface area contributed by atoms with Gasteiger partial charge in [0.15, 0.2) is 0 Å². The summed E-state index contributed by atoms with van der Waals surface area (Å²) in [6.07, 6.45) is 0. The van der Waals surface area contributed by atoms with Crippen molar-refractivity contribution < 1.29 is 0 Å². The maximum atomic E-state index is 4.44. The lowest BCUT2D eigenvalue weighted by Crippen LogP contribution is -1.79. The monoisotopic (exact) mass is 196 g/mol. The fourth-order valence-corrected chi connectivity index (χ4v) is 2.12. The van der Waals surface area contributed by atoms with Crippen molar-refractivity contribution in [1.29, 1.82) is 0 Å². The average Bonchev–Trinajstić information content (AvgIpc) is 2.59. The lowest BCUT2D eigenvalue weighted by molar-refractivity contribution is 1.17. The molecule has 1 aromatic heterocycles. The normalized spacial score (nSPS) is 11.3. The van der Waals surface area contributed by atoms with Gasteiger partial charge in [0.1, 0.15) is 5.82 Å². The Kier molecular flexibility index (Phi) is 1.60. The number of aromatic nitrogens is 2. The number of H-pyrrole nitrogens is 1. The van der Waals surface area contributed by atoms with Crippen LogP contribution in [0.5, 0.6) is 0 Å². The zero-order chi connectivity index (χ0) is 10.4. The van der Waals surface area contributed by atoms with Gasteiger partial charge in [-0.1, -0.05) is 24.3 Å². The Morgan fingerprint density at radius 3 is 2.73 bits per heavy atom. The van der Waals surface area contributed by atoms with Crippen molar-refractivity contribution in [2.24, 2.45) is 0 Å². The summed E-state index contributed by atoms with van der Waals surface area (Å²) in [6.45, 7) is 4.12. The maximum Gasteiger partial charge on any atom is 0.104 e. The molecule has 0 saturated carbocycles. The predicted molar refractivity (Wildman–Crippen MR) is 63.1 cm³/mol. The third-order valence-corrected chi connectivity index (χ3v) is 2.85. The molecule has 0 bridgehead atoms. The standard InChI is InChI=1S/C13H12N2/c1-8-4-3-5-11-10(8)6-7-12-13(11)15-9(2)14-12/h3-7H,1-2H3,(H,14,15). The number of nitrogens with zero attached hydrogens (tertiary/aromatic N) is 1. The Balaban J connectivity index is 2.59. The lowest BCUT2D eigenvalue weighted by atomic mass is 10.0. The molecule has 0 aliphatic rings. The van der Waals surface area contributed by atoms with Crippen LogP contribution in [-0.4, -0.2) is 9.97 Å². The number of benzene rings is 2. The Bertz CT molecular complexity index is 650. The molecule has 1 heterocycles. The van der Waals surface area contributed by atoms with Crippen LogP contribution in [0.2, 0.25) is 0 Å². The zero-order valence-electron chi connectivity index (χ0n) is 8.83. The van der Waals surface area contributed by atoms with Crippen LogP contribution < -0.4 is 0 Å². The van der Waals surface area contributed by atoms with Gasteiger partial charge in [-0.2, -0.15) is 0 Å². The summed E-state index contributed by atoms with van der Waals surface area (Å²) in [6, 6.07) is 10.6. The second-order valence-electron chi connectivity index (χ2n) is 3.95.